The van der Waals surface area contributed by atoms with Gasteiger partial charge in [0.05, 0.1) is 0 Å². The normalized spacial score (nSPS) is 18.4. The largest absolute Gasteiger partial charge is 0.357 e. The summed E-state index contributed by atoms with van der Waals surface area (Å²) in [6.07, 6.45) is 5.89. The lowest BCUT2D eigenvalue weighted by Crippen LogP contribution is -2.43. The van der Waals surface area contributed by atoms with E-state index in [4.69, 9.17) is 12.2 Å². The number of hydrogen-bond acceptors (Lipinski definition) is 2. The molecule has 1 aliphatic carbocycles. The van der Waals surface area contributed by atoms with Crippen LogP contribution in [0.1, 0.15) is 31.7 Å². The molecular weight excluding hydrogens is 254 g/mol. The summed E-state index contributed by atoms with van der Waals surface area (Å²) >= 11 is 5.24. The number of hydrazine groups is 1. The fourth-order valence-corrected chi connectivity index (χ4v) is 2.31. The summed E-state index contributed by atoms with van der Waals surface area (Å²) in [6, 6.07) is 10.2. The van der Waals surface area contributed by atoms with Gasteiger partial charge in [0.15, 0.2) is 5.11 Å². The molecule has 1 atom stereocenters. The molecule has 4 heteroatoms. The van der Waals surface area contributed by atoms with Crippen LogP contribution in [-0.4, -0.2) is 5.11 Å². The van der Waals surface area contributed by atoms with Crippen molar-refractivity contribution in [3.63, 3.8) is 0 Å². The van der Waals surface area contributed by atoms with E-state index in [1.807, 2.05) is 18.2 Å². The molecule has 1 aromatic rings. The molecule has 0 aromatic heterocycles. The monoisotopic (exact) mass is 275 g/mol. The highest BCUT2D eigenvalue weighted by molar-refractivity contribution is 7.80. The Labute approximate surface area is 120 Å². The van der Waals surface area contributed by atoms with Crippen LogP contribution in [0.4, 0.5) is 0 Å². The molecule has 0 heterocycles. The van der Waals surface area contributed by atoms with Crippen molar-refractivity contribution in [2.45, 2.75) is 32.7 Å². The first-order valence-electron chi connectivity index (χ1n) is 6.78. The first kappa shape index (κ1) is 13.9. The van der Waals surface area contributed by atoms with Crippen LogP contribution < -0.4 is 16.2 Å². The molecule has 0 saturated carbocycles. The molecule has 0 unspecified atom stereocenters. The molecule has 1 aromatic carbocycles. The smallest absolute Gasteiger partial charge is 0.185 e. The van der Waals surface area contributed by atoms with Crippen LogP contribution in [0.25, 0.3) is 0 Å². The van der Waals surface area contributed by atoms with Gasteiger partial charge in [0.25, 0.3) is 0 Å². The summed E-state index contributed by atoms with van der Waals surface area (Å²) in [4.78, 5) is 0. The summed E-state index contributed by atoms with van der Waals surface area (Å²) < 4.78 is 0. The third-order valence-electron chi connectivity index (χ3n) is 3.22. The van der Waals surface area contributed by atoms with Crippen molar-refractivity contribution in [1.82, 2.24) is 16.2 Å². The Morgan fingerprint density at radius 2 is 2.11 bits per heavy atom. The average Bonchev–Trinajstić information content (AvgIpc) is 2.44. The second-order valence-corrected chi connectivity index (χ2v) is 5.39. The van der Waals surface area contributed by atoms with Crippen LogP contribution >= 0.6 is 12.2 Å². The molecule has 1 aliphatic rings. The van der Waals surface area contributed by atoms with Crippen LogP contribution in [0.2, 0.25) is 0 Å². The highest BCUT2D eigenvalue weighted by Gasteiger charge is 2.09. The summed E-state index contributed by atoms with van der Waals surface area (Å²) in [5.74, 6) is 0.656. The Bertz CT molecular complexity index is 442. The van der Waals surface area contributed by atoms with Crippen molar-refractivity contribution >= 4 is 17.3 Å². The van der Waals surface area contributed by atoms with Crippen molar-refractivity contribution in [3.05, 3.63) is 47.7 Å². The summed E-state index contributed by atoms with van der Waals surface area (Å²) in [6.45, 7) is 2.98. The highest BCUT2D eigenvalue weighted by Crippen LogP contribution is 2.19. The van der Waals surface area contributed by atoms with E-state index in [0.717, 1.165) is 13.0 Å². The lowest BCUT2D eigenvalue weighted by atomic mass is 9.96. The maximum Gasteiger partial charge on any atom is 0.185 e. The number of hydrogen-bond donors (Lipinski definition) is 3. The second-order valence-electron chi connectivity index (χ2n) is 4.98. The van der Waals surface area contributed by atoms with Gasteiger partial charge >= 0.3 is 0 Å². The van der Waals surface area contributed by atoms with E-state index >= 15 is 0 Å². The average molecular weight is 275 g/mol. The molecule has 19 heavy (non-hydrogen) atoms. The Hall–Kier alpha value is -1.55. The van der Waals surface area contributed by atoms with E-state index in [-0.39, 0.29) is 0 Å². The zero-order valence-electron chi connectivity index (χ0n) is 11.3. The maximum absolute atomic E-state index is 5.24. The van der Waals surface area contributed by atoms with Gasteiger partial charge in [-0.2, -0.15) is 0 Å². The van der Waals surface area contributed by atoms with Gasteiger partial charge in [-0.05, 0) is 43.0 Å². The van der Waals surface area contributed by atoms with Crippen LogP contribution in [0.5, 0.6) is 0 Å². The number of benzene rings is 1. The second kappa shape index (κ2) is 7.14. The zero-order chi connectivity index (χ0) is 13.5. The molecule has 0 aliphatic heterocycles. The third kappa shape index (κ3) is 4.91. The van der Waals surface area contributed by atoms with Crippen molar-refractivity contribution < 1.29 is 0 Å². The Morgan fingerprint density at radius 3 is 2.84 bits per heavy atom. The van der Waals surface area contributed by atoms with Crippen LogP contribution in [0.15, 0.2) is 42.1 Å². The Morgan fingerprint density at radius 1 is 1.32 bits per heavy atom. The SMILES string of the molecule is C[C@H]1C=C(NNC(=S)NCc2ccccc2)CCC1. The number of rotatable bonds is 4. The molecule has 0 saturated heterocycles. The Balaban J connectivity index is 1.70. The van der Waals surface area contributed by atoms with E-state index in [1.165, 1.54) is 24.1 Å². The molecule has 0 radical (unpaired) electrons. The topological polar surface area (TPSA) is 36.1 Å². The van der Waals surface area contributed by atoms with Gasteiger partial charge in [0.1, 0.15) is 0 Å². The zero-order valence-corrected chi connectivity index (χ0v) is 12.1. The standard InChI is InChI=1S/C15H21N3S/c1-12-6-5-9-14(10-12)17-18-15(19)16-11-13-7-3-2-4-8-13/h2-4,7-8,10,12,17H,5-6,9,11H2,1H3,(H2,16,18,19)/t12-/m1/s1. The molecular formula is C15H21N3S. The lowest BCUT2D eigenvalue weighted by Gasteiger charge is -2.20. The van der Waals surface area contributed by atoms with Gasteiger partial charge in [-0.1, -0.05) is 43.3 Å². The van der Waals surface area contributed by atoms with E-state index in [1.54, 1.807) is 0 Å². The van der Waals surface area contributed by atoms with Crippen molar-refractivity contribution in [1.29, 1.82) is 0 Å². The molecule has 2 rings (SSSR count). The minimum Gasteiger partial charge on any atom is -0.357 e. The van der Waals surface area contributed by atoms with Gasteiger partial charge in [-0.25, -0.2) is 0 Å². The van der Waals surface area contributed by atoms with Gasteiger partial charge in [0, 0.05) is 12.2 Å². The highest BCUT2D eigenvalue weighted by atomic mass is 32.1. The minimum absolute atomic E-state index is 0.628. The predicted octanol–water partition coefficient (Wildman–Crippen LogP) is 2.86. The summed E-state index contributed by atoms with van der Waals surface area (Å²) in [5.41, 5.74) is 8.70. The molecule has 0 spiro atoms. The summed E-state index contributed by atoms with van der Waals surface area (Å²) in [5, 5.41) is 3.81. The fourth-order valence-electron chi connectivity index (χ4n) is 2.19. The summed E-state index contributed by atoms with van der Waals surface area (Å²) in [7, 11) is 0. The number of allylic oxidation sites excluding steroid dienone is 2. The van der Waals surface area contributed by atoms with Crippen LogP contribution in [0, 0.1) is 5.92 Å². The number of thiocarbonyl (C=S) groups is 1. The van der Waals surface area contributed by atoms with Crippen LogP contribution in [-0.2, 0) is 6.54 Å². The van der Waals surface area contributed by atoms with E-state index in [0.29, 0.717) is 11.0 Å². The van der Waals surface area contributed by atoms with Crippen LogP contribution in [0.3, 0.4) is 0 Å². The van der Waals surface area contributed by atoms with E-state index in [9.17, 15) is 0 Å². The van der Waals surface area contributed by atoms with Gasteiger partial charge in [0.2, 0.25) is 0 Å². The first-order valence-corrected chi connectivity index (χ1v) is 7.19. The van der Waals surface area contributed by atoms with Crippen molar-refractivity contribution in [3.8, 4) is 0 Å². The molecule has 102 valence electrons. The predicted molar refractivity (Wildman–Crippen MR) is 83.2 cm³/mol. The molecule has 0 bridgehead atoms. The van der Waals surface area contributed by atoms with Gasteiger partial charge < -0.3 is 10.7 Å². The molecule has 3 nitrogen and oxygen atoms in total. The Kier molecular flexibility index (Phi) is 5.21. The first-order chi connectivity index (χ1) is 9.24. The van der Waals surface area contributed by atoms with Crippen molar-refractivity contribution in [2.75, 3.05) is 0 Å². The van der Waals surface area contributed by atoms with Gasteiger partial charge in [-0.3, -0.25) is 5.43 Å². The molecule has 0 amide bonds. The third-order valence-corrected chi connectivity index (χ3v) is 3.47. The lowest BCUT2D eigenvalue weighted by molar-refractivity contribution is 0.534. The fraction of sp³-hybridized carbons (Fsp3) is 0.400. The van der Waals surface area contributed by atoms with E-state index in [2.05, 4.69) is 41.3 Å². The van der Waals surface area contributed by atoms with Crippen molar-refractivity contribution in [2.24, 2.45) is 5.92 Å². The number of nitrogens with one attached hydrogen (secondary N) is 3. The molecule has 3 N–H and O–H groups in total. The minimum atomic E-state index is 0.628. The quantitative estimate of drug-likeness (QED) is 0.583. The molecule has 0 fully saturated rings. The van der Waals surface area contributed by atoms with E-state index < -0.39 is 0 Å². The maximum atomic E-state index is 5.24. The van der Waals surface area contributed by atoms with Gasteiger partial charge in [-0.15, -0.1) is 0 Å².